The molecule has 1 aliphatic carbocycles. The Bertz CT molecular complexity index is 994. The molecule has 0 aromatic heterocycles. The highest BCUT2D eigenvalue weighted by atomic mass is 19.2. The van der Waals surface area contributed by atoms with Gasteiger partial charge in [0.05, 0.1) is 0 Å². The minimum absolute atomic E-state index is 0.00480. The van der Waals surface area contributed by atoms with Crippen LogP contribution in [0.15, 0.2) is 36.4 Å². The van der Waals surface area contributed by atoms with Gasteiger partial charge in [-0.15, -0.1) is 0 Å². The number of fused-ring (bicyclic) bond motifs is 2. The number of carbonyl (C=O) groups is 2. The Labute approximate surface area is 174 Å². The first-order valence-electron chi connectivity index (χ1n) is 10.3. The van der Waals surface area contributed by atoms with Crippen molar-refractivity contribution in [3.63, 3.8) is 0 Å². The molecule has 7 heteroatoms. The highest BCUT2D eigenvalue weighted by Crippen LogP contribution is 2.37. The highest BCUT2D eigenvalue weighted by Gasteiger charge is 2.33. The molecule has 0 radical (unpaired) electrons. The monoisotopic (exact) mass is 413 g/mol. The van der Waals surface area contributed by atoms with Gasteiger partial charge in [0.15, 0.2) is 11.6 Å². The zero-order valence-electron chi connectivity index (χ0n) is 16.9. The average Bonchev–Trinajstić information content (AvgIpc) is 3.05. The van der Waals surface area contributed by atoms with Crippen LogP contribution in [0.2, 0.25) is 0 Å². The summed E-state index contributed by atoms with van der Waals surface area (Å²) in [7, 11) is 0. The average molecular weight is 413 g/mol. The quantitative estimate of drug-likeness (QED) is 0.838. The van der Waals surface area contributed by atoms with Crippen LogP contribution in [0.5, 0.6) is 0 Å². The molecular weight excluding hydrogens is 388 g/mol. The second-order valence-corrected chi connectivity index (χ2v) is 7.99. The Morgan fingerprint density at radius 3 is 2.67 bits per heavy atom. The first-order chi connectivity index (χ1) is 14.4. The number of hydrogen-bond donors (Lipinski definition) is 1. The zero-order chi connectivity index (χ0) is 21.4. The summed E-state index contributed by atoms with van der Waals surface area (Å²) >= 11 is 0. The molecule has 0 saturated heterocycles. The van der Waals surface area contributed by atoms with Crippen LogP contribution in [0.25, 0.3) is 0 Å². The lowest BCUT2D eigenvalue weighted by Crippen LogP contribution is -2.42. The van der Waals surface area contributed by atoms with Gasteiger partial charge in [-0.3, -0.25) is 9.59 Å². The molecule has 2 atom stereocenters. The molecule has 30 heavy (non-hydrogen) atoms. The third kappa shape index (κ3) is 3.69. The summed E-state index contributed by atoms with van der Waals surface area (Å²) < 4.78 is 27.2. The van der Waals surface area contributed by atoms with Crippen LogP contribution in [0.4, 0.5) is 14.5 Å². The number of rotatable bonds is 4. The van der Waals surface area contributed by atoms with E-state index in [-0.39, 0.29) is 30.7 Å². The zero-order valence-corrected chi connectivity index (χ0v) is 16.9. The summed E-state index contributed by atoms with van der Waals surface area (Å²) in [5.41, 5.74) is 9.52. The third-order valence-electron chi connectivity index (χ3n) is 6.17. The molecule has 1 aliphatic heterocycles. The molecule has 0 spiro atoms. The van der Waals surface area contributed by atoms with Gasteiger partial charge in [0.25, 0.3) is 0 Å². The molecule has 0 unspecified atom stereocenters. The van der Waals surface area contributed by atoms with Gasteiger partial charge in [-0.25, -0.2) is 8.78 Å². The van der Waals surface area contributed by atoms with E-state index in [2.05, 4.69) is 0 Å². The lowest BCUT2D eigenvalue weighted by molar-refractivity contribution is -0.136. The van der Waals surface area contributed by atoms with Gasteiger partial charge in [0, 0.05) is 37.2 Å². The summed E-state index contributed by atoms with van der Waals surface area (Å²) in [6, 6.07) is 9.47. The van der Waals surface area contributed by atoms with Crippen LogP contribution < -0.4 is 10.6 Å². The number of nitrogens with zero attached hydrogens (tertiary/aromatic N) is 2. The van der Waals surface area contributed by atoms with Gasteiger partial charge < -0.3 is 15.5 Å². The third-order valence-corrected chi connectivity index (χ3v) is 6.17. The van der Waals surface area contributed by atoms with Gasteiger partial charge in [-0.05, 0) is 54.7 Å². The van der Waals surface area contributed by atoms with Crippen molar-refractivity contribution >= 4 is 17.5 Å². The minimum Gasteiger partial charge on any atom is -0.329 e. The molecule has 2 N–H and O–H groups in total. The van der Waals surface area contributed by atoms with Gasteiger partial charge in [-0.2, -0.15) is 0 Å². The molecule has 2 amide bonds. The Morgan fingerprint density at radius 1 is 1.17 bits per heavy atom. The molecule has 2 aromatic carbocycles. The van der Waals surface area contributed by atoms with Gasteiger partial charge in [0.2, 0.25) is 11.8 Å². The maximum absolute atomic E-state index is 13.7. The first-order valence-corrected chi connectivity index (χ1v) is 10.3. The van der Waals surface area contributed by atoms with Crippen LogP contribution in [-0.4, -0.2) is 35.8 Å². The Balaban J connectivity index is 1.51. The minimum atomic E-state index is -0.895. The molecule has 5 nitrogen and oxygen atoms in total. The van der Waals surface area contributed by atoms with E-state index >= 15 is 0 Å². The van der Waals surface area contributed by atoms with Crippen molar-refractivity contribution in [2.24, 2.45) is 5.73 Å². The Morgan fingerprint density at radius 2 is 1.90 bits per heavy atom. The molecule has 1 heterocycles. The van der Waals surface area contributed by atoms with Crippen LogP contribution in [0.1, 0.15) is 42.4 Å². The van der Waals surface area contributed by atoms with Crippen LogP contribution >= 0.6 is 0 Å². The molecule has 158 valence electrons. The normalized spacial score (nSPS) is 19.3. The molecule has 0 fully saturated rings. The van der Waals surface area contributed by atoms with Crippen molar-refractivity contribution in [3.05, 3.63) is 64.7 Å². The second kappa shape index (κ2) is 8.14. The number of carbonyl (C=O) groups excluding carboxylic acids is 2. The number of likely N-dealkylation sites (N-methyl/N-ethyl adjacent to an activating group) is 1. The summed E-state index contributed by atoms with van der Waals surface area (Å²) in [6.45, 7) is 2.76. The van der Waals surface area contributed by atoms with Gasteiger partial charge in [-0.1, -0.05) is 18.2 Å². The number of halogens is 2. The lowest BCUT2D eigenvalue weighted by atomic mass is 9.91. The van der Waals surface area contributed by atoms with Gasteiger partial charge in [0.1, 0.15) is 6.54 Å². The van der Waals surface area contributed by atoms with Crippen molar-refractivity contribution in [1.29, 1.82) is 0 Å². The predicted molar refractivity (Wildman–Crippen MR) is 110 cm³/mol. The number of nitrogens with two attached hydrogens (primary N) is 1. The van der Waals surface area contributed by atoms with Crippen molar-refractivity contribution < 1.29 is 18.4 Å². The molecule has 0 bridgehead atoms. The van der Waals surface area contributed by atoms with E-state index in [1.54, 1.807) is 4.90 Å². The number of aryl methyl sites for hydroxylation is 1. The summed E-state index contributed by atoms with van der Waals surface area (Å²) in [5, 5.41) is 0. The number of benzene rings is 2. The topological polar surface area (TPSA) is 66.6 Å². The number of hydrogen-bond acceptors (Lipinski definition) is 3. The Hall–Kier alpha value is -2.80. The molecular formula is C23H25F2N3O2. The summed E-state index contributed by atoms with van der Waals surface area (Å²) in [5.74, 6) is -2.30. The summed E-state index contributed by atoms with van der Waals surface area (Å²) in [4.78, 5) is 29.0. The van der Waals surface area contributed by atoms with E-state index in [0.29, 0.717) is 31.5 Å². The fourth-order valence-electron chi connectivity index (χ4n) is 4.62. The largest absolute Gasteiger partial charge is 0.329 e. The predicted octanol–water partition coefficient (Wildman–Crippen LogP) is 3.11. The van der Waals surface area contributed by atoms with Crippen LogP contribution in [0, 0.1) is 11.6 Å². The lowest BCUT2D eigenvalue weighted by Gasteiger charge is -2.25. The number of anilines is 1. The van der Waals surface area contributed by atoms with Crippen LogP contribution in [-0.2, 0) is 22.6 Å². The fraction of sp³-hybridized carbons (Fsp3) is 0.391. The van der Waals surface area contributed by atoms with E-state index in [4.69, 9.17) is 5.73 Å². The van der Waals surface area contributed by atoms with Crippen LogP contribution in [0.3, 0.4) is 0 Å². The smallest absolute Gasteiger partial charge is 0.246 e. The van der Waals surface area contributed by atoms with E-state index < -0.39 is 17.7 Å². The van der Waals surface area contributed by atoms with E-state index in [0.717, 1.165) is 16.8 Å². The van der Waals surface area contributed by atoms with E-state index in [1.165, 1.54) is 17.0 Å². The Kier molecular flexibility index (Phi) is 5.56. The maximum atomic E-state index is 13.7. The summed E-state index contributed by atoms with van der Waals surface area (Å²) in [6.07, 6.45) is 1.31. The van der Waals surface area contributed by atoms with Crippen molar-refractivity contribution in [2.45, 2.75) is 44.7 Å². The standard InChI is InChI=1S/C23H25F2N3O2/c1-2-28-21-6-4-3-5-15(21)12-27(13-23(28)30)22(29)11-20(26)16-8-7-14-9-18(24)19(25)10-17(14)16/h3-6,9-10,16,20H,2,7-8,11-13,26H2,1H3/t16-,20-/m0/s1. The fourth-order valence-corrected chi connectivity index (χ4v) is 4.62. The number of para-hydroxylation sites is 1. The van der Waals surface area contributed by atoms with Crippen molar-refractivity contribution in [1.82, 2.24) is 4.90 Å². The highest BCUT2D eigenvalue weighted by molar-refractivity contribution is 5.98. The SMILES string of the molecule is CCN1C(=O)CN(C(=O)C[C@H](N)[C@H]2CCc3cc(F)c(F)cc32)Cc2ccccc21. The molecule has 2 aliphatic rings. The van der Waals surface area contributed by atoms with E-state index in [1.807, 2.05) is 31.2 Å². The second-order valence-electron chi connectivity index (χ2n) is 7.99. The maximum Gasteiger partial charge on any atom is 0.246 e. The number of amides is 2. The van der Waals surface area contributed by atoms with Crippen molar-refractivity contribution in [2.75, 3.05) is 18.0 Å². The molecule has 0 saturated carbocycles. The first kappa shape index (κ1) is 20.5. The van der Waals surface area contributed by atoms with E-state index in [9.17, 15) is 18.4 Å². The molecule has 2 aromatic rings. The molecule has 4 rings (SSSR count). The van der Waals surface area contributed by atoms with Gasteiger partial charge >= 0.3 is 0 Å². The van der Waals surface area contributed by atoms with Crippen molar-refractivity contribution in [3.8, 4) is 0 Å².